The van der Waals surface area contributed by atoms with E-state index in [9.17, 15) is 9.50 Å². The summed E-state index contributed by atoms with van der Waals surface area (Å²) in [4.78, 5) is 4.30. The van der Waals surface area contributed by atoms with Crippen LogP contribution in [-0.4, -0.2) is 44.1 Å². The second kappa shape index (κ2) is 7.28. The van der Waals surface area contributed by atoms with Crippen LogP contribution < -0.4 is 5.32 Å². The van der Waals surface area contributed by atoms with Gasteiger partial charge >= 0.3 is 0 Å². The first kappa shape index (κ1) is 17.4. The van der Waals surface area contributed by atoms with Crippen LogP contribution >= 0.6 is 0 Å². The Bertz CT molecular complexity index is 940. The van der Waals surface area contributed by atoms with Crippen LogP contribution in [0, 0.1) is 5.92 Å². The van der Waals surface area contributed by atoms with E-state index in [1.807, 2.05) is 35.2 Å². The molecule has 27 heavy (non-hydrogen) atoms. The highest BCUT2D eigenvalue weighted by Gasteiger charge is 2.28. The number of piperidine rings is 1. The van der Waals surface area contributed by atoms with Crippen LogP contribution in [0.15, 0.2) is 55.5 Å². The fourth-order valence-electron chi connectivity index (χ4n) is 3.33. The minimum atomic E-state index is -1.00. The van der Waals surface area contributed by atoms with Crippen molar-refractivity contribution in [3.63, 3.8) is 0 Å². The molecule has 1 aliphatic heterocycles. The number of phenols is 1. The second-order valence-corrected chi connectivity index (χ2v) is 6.60. The third-order valence-electron chi connectivity index (χ3n) is 4.86. The lowest BCUT2D eigenvalue weighted by Gasteiger charge is -2.27. The number of nitrogens with one attached hydrogen (secondary N) is 1. The summed E-state index contributed by atoms with van der Waals surface area (Å²) < 4.78 is 16.0. The Morgan fingerprint density at radius 3 is 2.74 bits per heavy atom. The fourth-order valence-corrected chi connectivity index (χ4v) is 3.33. The number of phenolic OH excluding ortho intramolecular Hbond substituents is 1. The molecule has 1 aliphatic rings. The quantitative estimate of drug-likeness (QED) is 0.743. The lowest BCUT2D eigenvalue weighted by atomic mass is 9.89. The van der Waals surface area contributed by atoms with Crippen molar-refractivity contribution in [2.75, 3.05) is 13.1 Å². The van der Waals surface area contributed by atoms with Crippen molar-refractivity contribution in [2.45, 2.75) is 12.6 Å². The van der Waals surface area contributed by atoms with Crippen LogP contribution in [0.25, 0.3) is 22.5 Å². The van der Waals surface area contributed by atoms with Gasteiger partial charge in [0.25, 0.3) is 0 Å². The Labute approximate surface area is 156 Å². The van der Waals surface area contributed by atoms with Crippen molar-refractivity contribution in [2.24, 2.45) is 5.92 Å². The maximum Gasteiger partial charge on any atom is 0.177 e. The zero-order valence-corrected chi connectivity index (χ0v) is 14.7. The van der Waals surface area contributed by atoms with Gasteiger partial charge in [0.1, 0.15) is 17.6 Å². The smallest absolute Gasteiger partial charge is 0.177 e. The average molecular weight is 365 g/mol. The van der Waals surface area contributed by atoms with Crippen LogP contribution in [0.2, 0.25) is 0 Å². The standard InChI is InChI=1S/C20H20FN5O/c1-13(15-6-7-22-11-17(15)21)20-23-12-18(24-25-20)16-5-4-14(10-19(16)27)26-8-2-3-9-26/h2-5,8-10,12,15,17,22,27H,1,6-7,11H2/t15-,17-/m1/s1. The number of benzene rings is 1. The number of hydrogen-bond donors (Lipinski definition) is 2. The highest BCUT2D eigenvalue weighted by atomic mass is 19.1. The predicted octanol–water partition coefficient (Wildman–Crippen LogP) is 3.00. The van der Waals surface area contributed by atoms with Gasteiger partial charge < -0.3 is 15.0 Å². The maximum absolute atomic E-state index is 14.1. The zero-order chi connectivity index (χ0) is 18.8. The van der Waals surface area contributed by atoms with Gasteiger partial charge in [-0.25, -0.2) is 9.37 Å². The van der Waals surface area contributed by atoms with Gasteiger partial charge in [-0.15, -0.1) is 10.2 Å². The number of rotatable bonds is 4. The minimum absolute atomic E-state index is 0.0889. The van der Waals surface area contributed by atoms with Crippen LogP contribution in [0.4, 0.5) is 4.39 Å². The minimum Gasteiger partial charge on any atom is -0.507 e. The summed E-state index contributed by atoms with van der Waals surface area (Å²) in [5.41, 5.74) is 2.39. The van der Waals surface area contributed by atoms with Gasteiger partial charge in [0.2, 0.25) is 0 Å². The summed E-state index contributed by atoms with van der Waals surface area (Å²) in [6, 6.07) is 9.14. The summed E-state index contributed by atoms with van der Waals surface area (Å²) in [6.07, 6.45) is 4.99. The normalized spacial score (nSPS) is 19.7. The molecule has 3 heterocycles. The predicted molar refractivity (Wildman–Crippen MR) is 101 cm³/mol. The maximum atomic E-state index is 14.1. The Kier molecular flexibility index (Phi) is 4.68. The molecule has 2 atom stereocenters. The molecule has 0 unspecified atom stereocenters. The number of hydrogen-bond acceptors (Lipinski definition) is 5. The van der Waals surface area contributed by atoms with Crippen molar-refractivity contribution < 1.29 is 9.50 Å². The van der Waals surface area contributed by atoms with Crippen LogP contribution in [0.3, 0.4) is 0 Å². The van der Waals surface area contributed by atoms with Crippen LogP contribution in [0.5, 0.6) is 5.75 Å². The summed E-state index contributed by atoms with van der Waals surface area (Å²) in [6.45, 7) is 5.04. The van der Waals surface area contributed by atoms with Crippen molar-refractivity contribution in [3.8, 4) is 22.7 Å². The van der Waals surface area contributed by atoms with E-state index < -0.39 is 6.17 Å². The van der Waals surface area contributed by atoms with E-state index in [2.05, 4.69) is 27.1 Å². The van der Waals surface area contributed by atoms with Gasteiger partial charge in [-0.2, -0.15) is 0 Å². The molecule has 0 amide bonds. The third kappa shape index (κ3) is 3.46. The van der Waals surface area contributed by atoms with E-state index in [4.69, 9.17) is 0 Å². The van der Waals surface area contributed by atoms with Crippen molar-refractivity contribution in [1.82, 2.24) is 25.1 Å². The Balaban J connectivity index is 1.56. The van der Waals surface area contributed by atoms with Gasteiger partial charge in [-0.3, -0.25) is 0 Å². The molecule has 2 N–H and O–H groups in total. The van der Waals surface area contributed by atoms with E-state index in [0.717, 1.165) is 12.2 Å². The molecule has 0 aliphatic carbocycles. The Morgan fingerprint density at radius 2 is 2.07 bits per heavy atom. The van der Waals surface area contributed by atoms with Crippen LogP contribution in [-0.2, 0) is 0 Å². The lowest BCUT2D eigenvalue weighted by Crippen LogP contribution is -2.38. The van der Waals surface area contributed by atoms with Gasteiger partial charge in [0.05, 0.1) is 6.20 Å². The summed E-state index contributed by atoms with van der Waals surface area (Å²) in [5, 5.41) is 21.7. The monoisotopic (exact) mass is 365 g/mol. The van der Waals surface area contributed by atoms with E-state index in [1.165, 1.54) is 6.20 Å². The first-order valence-electron chi connectivity index (χ1n) is 8.84. The number of halogens is 1. The number of aromatic hydroxyl groups is 1. The molecule has 0 bridgehead atoms. The average Bonchev–Trinajstić information content (AvgIpc) is 3.23. The number of nitrogens with zero attached hydrogens (tertiary/aromatic N) is 4. The number of allylic oxidation sites excluding steroid dienone is 1. The van der Waals surface area contributed by atoms with Gasteiger partial charge in [-0.1, -0.05) is 6.58 Å². The molecule has 0 saturated carbocycles. The van der Waals surface area contributed by atoms with Crippen LogP contribution in [0.1, 0.15) is 12.2 Å². The molecule has 2 aromatic heterocycles. The number of alkyl halides is 1. The lowest BCUT2D eigenvalue weighted by molar-refractivity contribution is 0.220. The molecule has 0 radical (unpaired) electrons. The summed E-state index contributed by atoms with van der Waals surface area (Å²) in [5.74, 6) is 0.135. The first-order valence-corrected chi connectivity index (χ1v) is 8.84. The SMILES string of the molecule is C=C(c1ncc(-c2ccc(-n3cccc3)cc2O)nn1)[C@H]1CCNC[C@H]1F. The molecule has 4 rings (SSSR count). The highest BCUT2D eigenvalue weighted by molar-refractivity contribution is 5.68. The molecule has 3 aromatic rings. The first-order chi connectivity index (χ1) is 13.1. The van der Waals surface area contributed by atoms with Crippen molar-refractivity contribution >= 4 is 5.57 Å². The zero-order valence-electron chi connectivity index (χ0n) is 14.7. The van der Waals surface area contributed by atoms with Gasteiger partial charge in [-0.05, 0) is 42.8 Å². The third-order valence-corrected chi connectivity index (χ3v) is 4.86. The Hall–Kier alpha value is -3.06. The molecule has 1 saturated heterocycles. The fraction of sp³-hybridized carbons (Fsp3) is 0.250. The van der Waals surface area contributed by atoms with Gasteiger partial charge in [0, 0.05) is 42.2 Å². The molecule has 6 nitrogen and oxygen atoms in total. The molecular formula is C20H20FN5O. The molecule has 1 fully saturated rings. The summed E-state index contributed by atoms with van der Waals surface area (Å²) >= 11 is 0. The van der Waals surface area contributed by atoms with Crippen molar-refractivity contribution in [1.29, 1.82) is 0 Å². The number of aromatic nitrogens is 4. The summed E-state index contributed by atoms with van der Waals surface area (Å²) in [7, 11) is 0. The molecule has 1 aromatic carbocycles. The van der Waals surface area contributed by atoms with Gasteiger partial charge in [0.15, 0.2) is 5.82 Å². The molecular weight excluding hydrogens is 345 g/mol. The topological polar surface area (TPSA) is 75.9 Å². The molecule has 7 heteroatoms. The second-order valence-electron chi connectivity index (χ2n) is 6.60. The molecule has 0 spiro atoms. The highest BCUT2D eigenvalue weighted by Crippen LogP contribution is 2.31. The van der Waals surface area contributed by atoms with Crippen molar-refractivity contribution in [3.05, 3.63) is 61.3 Å². The van der Waals surface area contributed by atoms with E-state index in [1.54, 1.807) is 12.1 Å². The largest absolute Gasteiger partial charge is 0.507 e. The van der Waals surface area contributed by atoms with E-state index in [-0.39, 0.29) is 11.7 Å². The molecule has 138 valence electrons. The van der Waals surface area contributed by atoms with E-state index in [0.29, 0.717) is 35.6 Å². The Morgan fingerprint density at radius 1 is 1.26 bits per heavy atom. The van der Waals surface area contributed by atoms with E-state index >= 15 is 0 Å².